The van der Waals surface area contributed by atoms with Gasteiger partial charge in [0.15, 0.2) is 0 Å². The lowest BCUT2D eigenvalue weighted by Gasteiger charge is -2.24. The summed E-state index contributed by atoms with van der Waals surface area (Å²) in [4.78, 5) is 0. The van der Waals surface area contributed by atoms with E-state index in [0.29, 0.717) is 12.0 Å². The summed E-state index contributed by atoms with van der Waals surface area (Å²) in [5.41, 5.74) is 3.87. The number of hydrogen-bond donors (Lipinski definition) is 1. The monoisotopic (exact) mass is 265 g/mol. The molecule has 0 saturated carbocycles. The van der Waals surface area contributed by atoms with Gasteiger partial charge in [0, 0.05) is 6.42 Å². The predicted molar refractivity (Wildman–Crippen MR) is 80.3 cm³/mol. The van der Waals surface area contributed by atoms with Crippen LogP contribution in [0.5, 0.6) is 0 Å². The van der Waals surface area contributed by atoms with Crippen LogP contribution in [0, 0.1) is 25.2 Å². The van der Waals surface area contributed by atoms with Crippen molar-refractivity contribution in [2.75, 3.05) is 0 Å². The highest BCUT2D eigenvalue weighted by Crippen LogP contribution is 2.26. The van der Waals surface area contributed by atoms with Crippen LogP contribution in [-0.2, 0) is 12.0 Å². The highest BCUT2D eigenvalue weighted by molar-refractivity contribution is 5.37. The van der Waals surface area contributed by atoms with Gasteiger partial charge in [-0.2, -0.15) is 5.26 Å². The van der Waals surface area contributed by atoms with E-state index in [9.17, 15) is 5.11 Å². The van der Waals surface area contributed by atoms with Crippen LogP contribution in [0.1, 0.15) is 34.7 Å². The van der Waals surface area contributed by atoms with E-state index in [4.69, 9.17) is 5.26 Å². The van der Waals surface area contributed by atoms with Crippen LogP contribution in [-0.4, -0.2) is 5.11 Å². The summed E-state index contributed by atoms with van der Waals surface area (Å²) in [5, 5.41) is 19.7. The lowest BCUT2D eigenvalue weighted by molar-refractivity contribution is 0.0576. The Bertz CT molecular complexity index is 645. The van der Waals surface area contributed by atoms with Crippen molar-refractivity contribution in [3.63, 3.8) is 0 Å². The summed E-state index contributed by atoms with van der Waals surface area (Å²) in [6, 6.07) is 15.6. The maximum absolute atomic E-state index is 10.7. The Balaban J connectivity index is 2.32. The first-order valence-corrected chi connectivity index (χ1v) is 6.71. The highest BCUT2D eigenvalue weighted by atomic mass is 16.3. The molecule has 1 atom stereocenters. The van der Waals surface area contributed by atoms with E-state index < -0.39 is 5.60 Å². The van der Waals surface area contributed by atoms with Crippen molar-refractivity contribution in [2.24, 2.45) is 0 Å². The Labute approximate surface area is 120 Å². The van der Waals surface area contributed by atoms with Crippen molar-refractivity contribution in [3.05, 3.63) is 70.3 Å². The summed E-state index contributed by atoms with van der Waals surface area (Å²) < 4.78 is 0. The van der Waals surface area contributed by atoms with Crippen molar-refractivity contribution in [2.45, 2.75) is 32.8 Å². The number of nitrogens with zero attached hydrogens (tertiary/aromatic N) is 1. The molecule has 2 aromatic rings. The maximum Gasteiger partial charge on any atom is 0.0991 e. The number of nitriles is 1. The molecule has 2 nitrogen and oxygen atoms in total. The molecule has 2 heteroatoms. The molecule has 0 bridgehead atoms. The molecule has 0 saturated heterocycles. The summed E-state index contributed by atoms with van der Waals surface area (Å²) in [5.74, 6) is 0. The van der Waals surface area contributed by atoms with Crippen molar-refractivity contribution >= 4 is 0 Å². The molecule has 1 N–H and O–H groups in total. The van der Waals surface area contributed by atoms with Crippen molar-refractivity contribution in [1.29, 1.82) is 5.26 Å². The second kappa shape index (κ2) is 5.48. The molecule has 0 radical (unpaired) electrons. The van der Waals surface area contributed by atoms with E-state index in [0.717, 1.165) is 11.1 Å². The summed E-state index contributed by atoms with van der Waals surface area (Å²) in [7, 11) is 0. The fourth-order valence-electron chi connectivity index (χ4n) is 2.59. The Morgan fingerprint density at radius 3 is 2.35 bits per heavy atom. The lowest BCUT2D eigenvalue weighted by atomic mass is 9.87. The quantitative estimate of drug-likeness (QED) is 0.921. The second-order valence-electron chi connectivity index (χ2n) is 5.64. The molecular formula is C18H19NO. The topological polar surface area (TPSA) is 44.0 Å². The molecule has 1 unspecified atom stereocenters. The van der Waals surface area contributed by atoms with Crippen LogP contribution >= 0.6 is 0 Å². The molecule has 0 aliphatic rings. The Hall–Kier alpha value is -2.11. The normalized spacial score (nSPS) is 13.6. The van der Waals surface area contributed by atoms with Gasteiger partial charge in [0.05, 0.1) is 17.2 Å². The van der Waals surface area contributed by atoms with Gasteiger partial charge in [0.2, 0.25) is 0 Å². The van der Waals surface area contributed by atoms with Gasteiger partial charge in [-0.3, -0.25) is 0 Å². The van der Waals surface area contributed by atoms with Crippen LogP contribution in [0.2, 0.25) is 0 Å². The number of hydrogen-bond acceptors (Lipinski definition) is 2. The standard InChI is InChI=1S/C18H19NO/c1-13-7-14(2)9-16(8-13)11-18(3,20)17-6-4-5-15(10-17)12-19/h4-10,20H,11H2,1-3H3. The minimum absolute atomic E-state index is 0.532. The summed E-state index contributed by atoms with van der Waals surface area (Å²) in [6.45, 7) is 5.91. The molecule has 2 aromatic carbocycles. The minimum atomic E-state index is -0.979. The van der Waals surface area contributed by atoms with Crippen LogP contribution in [0.4, 0.5) is 0 Å². The fourth-order valence-corrected chi connectivity index (χ4v) is 2.59. The third kappa shape index (κ3) is 3.26. The number of aryl methyl sites for hydroxylation is 2. The third-order valence-corrected chi connectivity index (χ3v) is 3.44. The molecule has 0 amide bonds. The molecule has 0 heterocycles. The second-order valence-corrected chi connectivity index (χ2v) is 5.64. The van der Waals surface area contributed by atoms with Gasteiger partial charge >= 0.3 is 0 Å². The van der Waals surface area contributed by atoms with Crippen molar-refractivity contribution in [1.82, 2.24) is 0 Å². The van der Waals surface area contributed by atoms with E-state index in [2.05, 4.69) is 38.1 Å². The average Bonchev–Trinajstić information content (AvgIpc) is 2.37. The Morgan fingerprint density at radius 2 is 1.75 bits per heavy atom. The molecule has 20 heavy (non-hydrogen) atoms. The molecule has 0 aromatic heterocycles. The van der Waals surface area contributed by atoms with Crippen molar-refractivity contribution < 1.29 is 5.11 Å². The van der Waals surface area contributed by atoms with E-state index in [-0.39, 0.29) is 0 Å². The zero-order valence-electron chi connectivity index (χ0n) is 12.1. The van der Waals surface area contributed by atoms with Gasteiger partial charge in [0.25, 0.3) is 0 Å². The fraction of sp³-hybridized carbons (Fsp3) is 0.278. The lowest BCUT2D eigenvalue weighted by Crippen LogP contribution is -2.24. The highest BCUT2D eigenvalue weighted by Gasteiger charge is 2.24. The van der Waals surface area contributed by atoms with Crippen LogP contribution in [0.15, 0.2) is 42.5 Å². The first kappa shape index (κ1) is 14.3. The molecule has 0 spiro atoms. The van der Waals surface area contributed by atoms with E-state index in [1.54, 1.807) is 19.1 Å². The molecular weight excluding hydrogens is 246 g/mol. The molecule has 102 valence electrons. The Morgan fingerprint density at radius 1 is 1.10 bits per heavy atom. The van der Waals surface area contributed by atoms with E-state index >= 15 is 0 Å². The molecule has 2 rings (SSSR count). The predicted octanol–water partition coefficient (Wildman–Crippen LogP) is 3.63. The minimum Gasteiger partial charge on any atom is -0.385 e. The summed E-state index contributed by atoms with van der Waals surface area (Å²) >= 11 is 0. The molecule has 0 aliphatic carbocycles. The van der Waals surface area contributed by atoms with Gasteiger partial charge in [-0.05, 0) is 44.0 Å². The van der Waals surface area contributed by atoms with Gasteiger partial charge in [0.1, 0.15) is 0 Å². The number of aliphatic hydroxyl groups is 1. The maximum atomic E-state index is 10.7. The first-order chi connectivity index (χ1) is 9.40. The summed E-state index contributed by atoms with van der Waals surface area (Å²) in [6.07, 6.45) is 0.532. The van der Waals surface area contributed by atoms with Crippen molar-refractivity contribution in [3.8, 4) is 6.07 Å². The van der Waals surface area contributed by atoms with E-state index in [1.165, 1.54) is 11.1 Å². The first-order valence-electron chi connectivity index (χ1n) is 6.71. The van der Waals surface area contributed by atoms with Gasteiger partial charge in [-0.15, -0.1) is 0 Å². The van der Waals surface area contributed by atoms with Crippen LogP contribution in [0.25, 0.3) is 0 Å². The van der Waals surface area contributed by atoms with Gasteiger partial charge < -0.3 is 5.11 Å². The SMILES string of the molecule is Cc1cc(C)cc(CC(C)(O)c2cccc(C#N)c2)c1. The van der Waals surface area contributed by atoms with Gasteiger partial charge in [-0.25, -0.2) is 0 Å². The van der Waals surface area contributed by atoms with Crippen LogP contribution in [0.3, 0.4) is 0 Å². The average molecular weight is 265 g/mol. The van der Waals surface area contributed by atoms with Crippen LogP contribution < -0.4 is 0 Å². The number of rotatable bonds is 3. The smallest absolute Gasteiger partial charge is 0.0991 e. The van der Waals surface area contributed by atoms with Gasteiger partial charge in [-0.1, -0.05) is 41.5 Å². The molecule has 0 fully saturated rings. The zero-order valence-corrected chi connectivity index (χ0v) is 12.1. The third-order valence-electron chi connectivity index (χ3n) is 3.44. The molecule has 0 aliphatic heterocycles. The largest absolute Gasteiger partial charge is 0.385 e. The van der Waals surface area contributed by atoms with E-state index in [1.807, 2.05) is 12.1 Å². The zero-order chi connectivity index (χ0) is 14.8. The number of benzene rings is 2. The Kier molecular flexibility index (Phi) is 3.92.